The SMILES string of the molecule is COc1ccc(CN2CCC(Oc3cccc(F)n3)C2)cc1. The van der Waals surface area contributed by atoms with Gasteiger partial charge >= 0.3 is 0 Å². The van der Waals surface area contributed by atoms with Gasteiger partial charge in [-0.05, 0) is 30.2 Å². The first-order valence-electron chi connectivity index (χ1n) is 7.37. The van der Waals surface area contributed by atoms with Gasteiger partial charge in [0.1, 0.15) is 11.9 Å². The van der Waals surface area contributed by atoms with E-state index in [-0.39, 0.29) is 6.10 Å². The second-order valence-electron chi connectivity index (χ2n) is 5.41. The minimum absolute atomic E-state index is 0.0625. The first-order chi connectivity index (χ1) is 10.7. The molecule has 1 aromatic heterocycles. The van der Waals surface area contributed by atoms with Gasteiger partial charge in [-0.25, -0.2) is 0 Å². The molecule has 1 atom stereocenters. The van der Waals surface area contributed by atoms with Crippen LogP contribution in [0.2, 0.25) is 0 Å². The van der Waals surface area contributed by atoms with E-state index in [2.05, 4.69) is 22.0 Å². The molecule has 0 saturated carbocycles. The number of nitrogens with zero attached hydrogens (tertiary/aromatic N) is 2. The van der Waals surface area contributed by atoms with Gasteiger partial charge in [-0.15, -0.1) is 0 Å². The zero-order valence-electron chi connectivity index (χ0n) is 12.5. The summed E-state index contributed by atoms with van der Waals surface area (Å²) in [6.45, 7) is 2.66. The lowest BCUT2D eigenvalue weighted by Gasteiger charge is -2.16. The molecule has 0 spiro atoms. The van der Waals surface area contributed by atoms with E-state index in [1.165, 1.54) is 11.6 Å². The summed E-state index contributed by atoms with van der Waals surface area (Å²) in [5.74, 6) is 0.713. The molecule has 116 valence electrons. The van der Waals surface area contributed by atoms with Gasteiger partial charge in [0.15, 0.2) is 0 Å². The van der Waals surface area contributed by atoms with Gasteiger partial charge < -0.3 is 9.47 Å². The van der Waals surface area contributed by atoms with Crippen LogP contribution < -0.4 is 9.47 Å². The van der Waals surface area contributed by atoms with Crippen LogP contribution in [0.15, 0.2) is 42.5 Å². The molecular weight excluding hydrogens is 283 g/mol. The Morgan fingerprint density at radius 2 is 2.05 bits per heavy atom. The van der Waals surface area contributed by atoms with Crippen LogP contribution in [0, 0.1) is 5.95 Å². The molecular formula is C17H19FN2O2. The Kier molecular flexibility index (Phi) is 4.53. The van der Waals surface area contributed by atoms with Crippen LogP contribution in [0.5, 0.6) is 11.6 Å². The highest BCUT2D eigenvalue weighted by Gasteiger charge is 2.24. The summed E-state index contributed by atoms with van der Waals surface area (Å²) in [5, 5.41) is 0. The van der Waals surface area contributed by atoms with Crippen molar-refractivity contribution in [1.29, 1.82) is 0 Å². The largest absolute Gasteiger partial charge is 0.497 e. The van der Waals surface area contributed by atoms with Crippen molar-refractivity contribution in [2.45, 2.75) is 19.1 Å². The number of hydrogen-bond donors (Lipinski definition) is 0. The lowest BCUT2D eigenvalue weighted by atomic mass is 10.2. The summed E-state index contributed by atoms with van der Waals surface area (Å²) >= 11 is 0. The number of hydrogen-bond acceptors (Lipinski definition) is 4. The van der Waals surface area contributed by atoms with Crippen molar-refractivity contribution in [2.75, 3.05) is 20.2 Å². The highest BCUT2D eigenvalue weighted by atomic mass is 19.1. The fourth-order valence-electron chi connectivity index (χ4n) is 2.65. The molecule has 1 aliphatic heterocycles. The predicted molar refractivity (Wildman–Crippen MR) is 81.5 cm³/mol. The zero-order chi connectivity index (χ0) is 15.4. The topological polar surface area (TPSA) is 34.6 Å². The van der Waals surface area contributed by atoms with E-state index in [1.54, 1.807) is 19.2 Å². The average molecular weight is 302 g/mol. The predicted octanol–water partition coefficient (Wildman–Crippen LogP) is 2.88. The third-order valence-electron chi connectivity index (χ3n) is 3.77. The van der Waals surface area contributed by atoms with Crippen molar-refractivity contribution in [3.05, 3.63) is 54.0 Å². The van der Waals surface area contributed by atoms with Gasteiger partial charge in [-0.3, -0.25) is 4.90 Å². The number of pyridine rings is 1. The Labute approximate surface area is 129 Å². The Balaban J connectivity index is 1.53. The Morgan fingerprint density at radius 1 is 1.23 bits per heavy atom. The first kappa shape index (κ1) is 14.8. The van der Waals surface area contributed by atoms with Gasteiger partial charge in [-0.1, -0.05) is 18.2 Å². The molecule has 5 heteroatoms. The average Bonchev–Trinajstić information content (AvgIpc) is 2.95. The molecule has 4 nitrogen and oxygen atoms in total. The number of aromatic nitrogens is 1. The minimum atomic E-state index is -0.509. The second-order valence-corrected chi connectivity index (χ2v) is 5.41. The van der Waals surface area contributed by atoms with Crippen LogP contribution >= 0.6 is 0 Å². The molecule has 2 heterocycles. The van der Waals surface area contributed by atoms with Crippen LogP contribution in [-0.2, 0) is 6.54 Å². The van der Waals surface area contributed by atoms with Crippen LogP contribution in [0.4, 0.5) is 4.39 Å². The molecule has 3 rings (SSSR count). The smallest absolute Gasteiger partial charge is 0.216 e. The van der Waals surface area contributed by atoms with Crippen molar-refractivity contribution in [2.24, 2.45) is 0 Å². The lowest BCUT2D eigenvalue weighted by molar-refractivity contribution is 0.189. The standard InChI is InChI=1S/C17H19FN2O2/c1-21-14-7-5-13(6-8-14)11-20-10-9-15(12-20)22-17-4-2-3-16(18)19-17/h2-8,15H,9-12H2,1H3. The molecule has 0 aliphatic carbocycles. The quantitative estimate of drug-likeness (QED) is 0.796. The number of halogens is 1. The third kappa shape index (κ3) is 3.74. The summed E-state index contributed by atoms with van der Waals surface area (Å²) in [6.07, 6.45) is 0.987. The molecule has 1 unspecified atom stereocenters. The molecule has 0 N–H and O–H groups in total. The van der Waals surface area contributed by atoms with Crippen molar-refractivity contribution in [3.8, 4) is 11.6 Å². The number of benzene rings is 1. The molecule has 0 bridgehead atoms. The maximum Gasteiger partial charge on any atom is 0.216 e. The molecule has 1 aromatic carbocycles. The van der Waals surface area contributed by atoms with Crippen molar-refractivity contribution < 1.29 is 13.9 Å². The molecule has 1 aliphatic rings. The number of likely N-dealkylation sites (tertiary alicyclic amines) is 1. The van der Waals surface area contributed by atoms with Crippen molar-refractivity contribution in [1.82, 2.24) is 9.88 Å². The summed E-state index contributed by atoms with van der Waals surface area (Å²) in [6, 6.07) is 12.7. The Bertz CT molecular complexity index is 618. The van der Waals surface area contributed by atoms with Gasteiger partial charge in [0, 0.05) is 25.7 Å². The Hall–Kier alpha value is -2.14. The summed E-state index contributed by atoms with van der Waals surface area (Å²) < 4.78 is 24.0. The van der Waals surface area contributed by atoms with Crippen molar-refractivity contribution >= 4 is 0 Å². The molecule has 0 amide bonds. The maximum absolute atomic E-state index is 13.1. The molecule has 1 fully saturated rings. The van der Waals surface area contributed by atoms with Crippen LogP contribution in [0.3, 0.4) is 0 Å². The van der Waals surface area contributed by atoms with Gasteiger partial charge in [0.2, 0.25) is 11.8 Å². The number of rotatable bonds is 5. The maximum atomic E-state index is 13.1. The molecule has 0 radical (unpaired) electrons. The lowest BCUT2D eigenvalue weighted by Crippen LogP contribution is -2.24. The highest BCUT2D eigenvalue weighted by Crippen LogP contribution is 2.19. The van der Waals surface area contributed by atoms with E-state index in [1.807, 2.05) is 12.1 Å². The zero-order valence-corrected chi connectivity index (χ0v) is 12.5. The van der Waals surface area contributed by atoms with Gasteiger partial charge in [-0.2, -0.15) is 9.37 Å². The highest BCUT2D eigenvalue weighted by molar-refractivity contribution is 5.27. The first-order valence-corrected chi connectivity index (χ1v) is 7.37. The van der Waals surface area contributed by atoms with Gasteiger partial charge in [0.25, 0.3) is 0 Å². The number of ether oxygens (including phenoxy) is 2. The van der Waals surface area contributed by atoms with E-state index >= 15 is 0 Å². The van der Waals surface area contributed by atoms with Crippen LogP contribution in [0.25, 0.3) is 0 Å². The molecule has 1 saturated heterocycles. The van der Waals surface area contributed by atoms with Gasteiger partial charge in [0.05, 0.1) is 7.11 Å². The monoisotopic (exact) mass is 302 g/mol. The van der Waals surface area contributed by atoms with Crippen molar-refractivity contribution in [3.63, 3.8) is 0 Å². The summed E-state index contributed by atoms with van der Waals surface area (Å²) in [7, 11) is 1.66. The van der Waals surface area contributed by atoms with Crippen LogP contribution in [0.1, 0.15) is 12.0 Å². The normalized spacial score (nSPS) is 18.4. The minimum Gasteiger partial charge on any atom is -0.497 e. The van der Waals surface area contributed by atoms with E-state index in [9.17, 15) is 4.39 Å². The van der Waals surface area contributed by atoms with E-state index in [0.717, 1.165) is 31.8 Å². The third-order valence-corrected chi connectivity index (χ3v) is 3.77. The van der Waals surface area contributed by atoms with E-state index in [0.29, 0.717) is 5.88 Å². The molecule has 2 aromatic rings. The number of methoxy groups -OCH3 is 1. The van der Waals surface area contributed by atoms with E-state index < -0.39 is 5.95 Å². The Morgan fingerprint density at radius 3 is 2.77 bits per heavy atom. The summed E-state index contributed by atoms with van der Waals surface area (Å²) in [4.78, 5) is 6.07. The summed E-state index contributed by atoms with van der Waals surface area (Å²) in [5.41, 5.74) is 1.24. The molecule has 22 heavy (non-hydrogen) atoms. The second kappa shape index (κ2) is 6.75. The van der Waals surface area contributed by atoms with Crippen LogP contribution in [-0.4, -0.2) is 36.2 Å². The van der Waals surface area contributed by atoms with E-state index in [4.69, 9.17) is 9.47 Å². The fourth-order valence-corrected chi connectivity index (χ4v) is 2.65. The fraction of sp³-hybridized carbons (Fsp3) is 0.353.